The lowest BCUT2D eigenvalue weighted by Crippen LogP contribution is -2.55. The minimum absolute atomic E-state index is 0.153. The van der Waals surface area contributed by atoms with E-state index in [0.29, 0.717) is 29.1 Å². The van der Waals surface area contributed by atoms with E-state index in [1.807, 2.05) is 49.4 Å². The van der Waals surface area contributed by atoms with E-state index in [0.717, 1.165) is 47.0 Å². The molecule has 4 saturated carbocycles. The molecule has 35 heavy (non-hydrogen) atoms. The Bertz CT molecular complexity index is 1180. The van der Waals surface area contributed by atoms with Crippen LogP contribution in [0.1, 0.15) is 48.2 Å². The summed E-state index contributed by atoms with van der Waals surface area (Å²) in [6.07, 6.45) is 8.79. The van der Waals surface area contributed by atoms with E-state index in [1.165, 1.54) is 32.1 Å². The minimum atomic E-state index is -0.153. The molecular weight excluding hydrogens is 458 g/mol. The molecule has 4 bridgehead atoms. The first-order valence-electron chi connectivity index (χ1n) is 12.9. The number of nitrogens with zero attached hydrogens (tertiary/aromatic N) is 3. The molecule has 182 valence electrons. The van der Waals surface area contributed by atoms with Crippen molar-refractivity contribution in [1.29, 1.82) is 0 Å². The number of rotatable bonds is 7. The highest BCUT2D eigenvalue weighted by Crippen LogP contribution is 2.53. The smallest absolute Gasteiger partial charge is 0.272 e. The van der Waals surface area contributed by atoms with Crippen molar-refractivity contribution in [2.24, 2.45) is 23.7 Å². The fraction of sp³-hybridized carbons (Fsp3) is 0.464. The van der Waals surface area contributed by atoms with Crippen LogP contribution < -0.4 is 10.6 Å². The standard InChI is InChI=1S/C28H32ClN5O/c1-17-25(28(35)32-11-10-31-26-21-13-18-12-19(15-21)16-22(26)14-18)33-34(24-4-2-3-9-30-24)27(17)20-5-7-23(29)8-6-20/h2-9,18-19,21-22,26,31H,10-16H2,1H3,(H,32,35)/t18-,19+,21-,22+,26?. The summed E-state index contributed by atoms with van der Waals surface area (Å²) < 4.78 is 1.75. The van der Waals surface area contributed by atoms with Gasteiger partial charge < -0.3 is 10.6 Å². The molecule has 0 saturated heterocycles. The van der Waals surface area contributed by atoms with Gasteiger partial charge in [0.05, 0.1) is 5.69 Å². The average Bonchev–Trinajstić information content (AvgIpc) is 3.21. The maximum atomic E-state index is 13.2. The van der Waals surface area contributed by atoms with Gasteiger partial charge in [-0.05, 0) is 87.0 Å². The van der Waals surface area contributed by atoms with Crippen LogP contribution in [0.25, 0.3) is 17.1 Å². The van der Waals surface area contributed by atoms with Gasteiger partial charge in [0.2, 0.25) is 0 Å². The van der Waals surface area contributed by atoms with Crippen molar-refractivity contribution in [3.8, 4) is 17.1 Å². The summed E-state index contributed by atoms with van der Waals surface area (Å²) in [5, 5.41) is 12.3. The van der Waals surface area contributed by atoms with E-state index in [1.54, 1.807) is 10.9 Å². The Morgan fingerprint density at radius 1 is 1.00 bits per heavy atom. The van der Waals surface area contributed by atoms with Crippen molar-refractivity contribution in [1.82, 2.24) is 25.4 Å². The Balaban J connectivity index is 1.16. The molecule has 0 radical (unpaired) electrons. The summed E-state index contributed by atoms with van der Waals surface area (Å²) in [4.78, 5) is 17.6. The minimum Gasteiger partial charge on any atom is -0.349 e. The summed E-state index contributed by atoms with van der Waals surface area (Å²) in [5.41, 5.74) is 3.03. The number of carbonyl (C=O) groups excluding carboxylic acids is 1. The van der Waals surface area contributed by atoms with Crippen molar-refractivity contribution < 1.29 is 4.79 Å². The first-order chi connectivity index (χ1) is 17.1. The monoisotopic (exact) mass is 489 g/mol. The number of hydrogen-bond acceptors (Lipinski definition) is 4. The van der Waals surface area contributed by atoms with Crippen LogP contribution in [-0.2, 0) is 0 Å². The van der Waals surface area contributed by atoms with Crippen molar-refractivity contribution in [2.75, 3.05) is 13.1 Å². The van der Waals surface area contributed by atoms with Gasteiger partial charge in [0.25, 0.3) is 5.91 Å². The van der Waals surface area contributed by atoms with E-state index in [9.17, 15) is 4.79 Å². The van der Waals surface area contributed by atoms with Crippen LogP contribution in [0.3, 0.4) is 0 Å². The fourth-order valence-corrected chi connectivity index (χ4v) is 7.19. The predicted octanol–water partition coefficient (Wildman–Crippen LogP) is 5.04. The highest BCUT2D eigenvalue weighted by atomic mass is 35.5. The van der Waals surface area contributed by atoms with Gasteiger partial charge in [-0.1, -0.05) is 29.8 Å². The third-order valence-electron chi connectivity index (χ3n) is 8.34. The molecule has 0 atom stereocenters. The highest BCUT2D eigenvalue weighted by Gasteiger charge is 2.47. The van der Waals surface area contributed by atoms with Crippen molar-refractivity contribution >= 4 is 17.5 Å². The van der Waals surface area contributed by atoms with Crippen molar-refractivity contribution in [3.05, 3.63) is 64.9 Å². The molecule has 2 N–H and O–H groups in total. The lowest BCUT2D eigenvalue weighted by Gasteiger charge is -2.54. The van der Waals surface area contributed by atoms with Crippen molar-refractivity contribution in [2.45, 2.75) is 45.1 Å². The molecule has 1 amide bonds. The molecule has 4 aliphatic carbocycles. The van der Waals surface area contributed by atoms with Gasteiger partial charge in [0, 0.05) is 41.5 Å². The van der Waals surface area contributed by atoms with Gasteiger partial charge in [-0.15, -0.1) is 0 Å². The van der Waals surface area contributed by atoms with E-state index in [2.05, 4.69) is 15.6 Å². The number of aromatic nitrogens is 3. The molecule has 2 aromatic heterocycles. The van der Waals surface area contributed by atoms with Crippen LogP contribution in [0, 0.1) is 30.6 Å². The zero-order chi connectivity index (χ0) is 23.9. The summed E-state index contributed by atoms with van der Waals surface area (Å²) in [6, 6.07) is 13.9. The van der Waals surface area contributed by atoms with Crippen LogP contribution in [0.4, 0.5) is 0 Å². The van der Waals surface area contributed by atoms with Gasteiger partial charge in [-0.25, -0.2) is 9.67 Å². The van der Waals surface area contributed by atoms with E-state index in [-0.39, 0.29) is 5.91 Å². The summed E-state index contributed by atoms with van der Waals surface area (Å²) in [7, 11) is 0. The quantitative estimate of drug-likeness (QED) is 0.456. The maximum Gasteiger partial charge on any atom is 0.272 e. The number of amides is 1. The number of carbonyl (C=O) groups is 1. The molecule has 3 aromatic rings. The molecule has 0 spiro atoms. The predicted molar refractivity (Wildman–Crippen MR) is 138 cm³/mol. The second kappa shape index (κ2) is 9.40. The molecule has 2 heterocycles. The molecular formula is C28H32ClN5O. The Morgan fingerprint density at radius 3 is 2.37 bits per heavy atom. The average molecular weight is 490 g/mol. The largest absolute Gasteiger partial charge is 0.349 e. The third-order valence-corrected chi connectivity index (χ3v) is 8.59. The zero-order valence-corrected chi connectivity index (χ0v) is 20.8. The lowest BCUT2D eigenvalue weighted by atomic mass is 9.54. The Morgan fingerprint density at radius 2 is 1.71 bits per heavy atom. The molecule has 7 rings (SSSR count). The first kappa shape index (κ1) is 22.7. The number of nitrogens with one attached hydrogen (secondary N) is 2. The number of pyridine rings is 1. The Hall–Kier alpha value is -2.70. The molecule has 7 heteroatoms. The second-order valence-electron chi connectivity index (χ2n) is 10.6. The van der Waals surface area contributed by atoms with E-state index in [4.69, 9.17) is 16.7 Å². The van der Waals surface area contributed by atoms with E-state index >= 15 is 0 Å². The van der Waals surface area contributed by atoms with Gasteiger partial charge in [0.1, 0.15) is 0 Å². The number of benzene rings is 1. The fourth-order valence-electron chi connectivity index (χ4n) is 7.06. The van der Waals surface area contributed by atoms with Crippen LogP contribution in [-0.4, -0.2) is 39.8 Å². The lowest BCUT2D eigenvalue weighted by molar-refractivity contribution is -0.0133. The summed E-state index contributed by atoms with van der Waals surface area (Å²) in [6.45, 7) is 3.33. The first-order valence-corrected chi connectivity index (χ1v) is 13.2. The van der Waals surface area contributed by atoms with Gasteiger partial charge >= 0.3 is 0 Å². The third kappa shape index (κ3) is 4.38. The summed E-state index contributed by atoms with van der Waals surface area (Å²) >= 11 is 6.11. The zero-order valence-electron chi connectivity index (χ0n) is 20.1. The van der Waals surface area contributed by atoms with Crippen molar-refractivity contribution in [3.63, 3.8) is 0 Å². The number of hydrogen-bond donors (Lipinski definition) is 2. The molecule has 6 nitrogen and oxygen atoms in total. The Labute approximate surface area is 211 Å². The highest BCUT2D eigenvalue weighted by molar-refractivity contribution is 6.30. The van der Waals surface area contributed by atoms with Crippen LogP contribution in [0.2, 0.25) is 5.02 Å². The Kier molecular flexibility index (Phi) is 6.11. The van der Waals surface area contributed by atoms with Crippen LogP contribution >= 0.6 is 11.6 Å². The summed E-state index contributed by atoms with van der Waals surface area (Å²) in [5.74, 6) is 4.13. The molecule has 0 aliphatic heterocycles. The van der Waals surface area contributed by atoms with E-state index < -0.39 is 0 Å². The normalized spacial score (nSPS) is 26.7. The SMILES string of the molecule is Cc1c(C(=O)NCCNC2[C@H]3C[C@@H]4C[C@@H](C[C@H]2C4)C3)nn(-c2ccccn2)c1-c1ccc(Cl)cc1. The van der Waals surface area contributed by atoms with Gasteiger partial charge in [-0.2, -0.15) is 5.10 Å². The second-order valence-corrected chi connectivity index (χ2v) is 11.0. The molecule has 4 fully saturated rings. The van der Waals surface area contributed by atoms with Crippen LogP contribution in [0.5, 0.6) is 0 Å². The molecule has 1 aromatic carbocycles. The number of halogens is 1. The molecule has 4 aliphatic rings. The maximum absolute atomic E-state index is 13.2. The van der Waals surface area contributed by atoms with Crippen LogP contribution in [0.15, 0.2) is 48.7 Å². The van der Waals surface area contributed by atoms with Gasteiger partial charge in [-0.3, -0.25) is 4.79 Å². The topological polar surface area (TPSA) is 71.8 Å². The van der Waals surface area contributed by atoms with Gasteiger partial charge in [0.15, 0.2) is 11.5 Å². The molecule has 0 unspecified atom stereocenters.